The molecule has 4 heteroatoms. The Morgan fingerprint density at radius 1 is 1.24 bits per heavy atom. The lowest BCUT2D eigenvalue weighted by Crippen LogP contribution is -2.21. The SMILES string of the molecule is CCCNC(c1ccc(C)s1)c1cnc(C)s1. The summed E-state index contributed by atoms with van der Waals surface area (Å²) >= 11 is 3.65. The van der Waals surface area contributed by atoms with Gasteiger partial charge in [0.1, 0.15) is 0 Å². The lowest BCUT2D eigenvalue weighted by Gasteiger charge is -2.14. The Bertz CT molecular complexity index is 433. The average Bonchev–Trinajstić information content (AvgIpc) is 2.89. The summed E-state index contributed by atoms with van der Waals surface area (Å²) in [6, 6.07) is 4.73. The van der Waals surface area contributed by atoms with Gasteiger partial charge in [0.15, 0.2) is 0 Å². The third-order valence-corrected chi connectivity index (χ3v) is 4.61. The topological polar surface area (TPSA) is 24.9 Å². The van der Waals surface area contributed by atoms with Crippen LogP contribution in [0.5, 0.6) is 0 Å². The van der Waals surface area contributed by atoms with Crippen molar-refractivity contribution in [3.05, 3.63) is 38.0 Å². The van der Waals surface area contributed by atoms with E-state index in [4.69, 9.17) is 0 Å². The van der Waals surface area contributed by atoms with E-state index in [0.717, 1.165) is 18.0 Å². The first-order valence-electron chi connectivity index (χ1n) is 5.92. The number of aryl methyl sites for hydroxylation is 2. The summed E-state index contributed by atoms with van der Waals surface area (Å²) in [7, 11) is 0. The number of thiophene rings is 1. The van der Waals surface area contributed by atoms with Crippen LogP contribution in [0.15, 0.2) is 18.3 Å². The van der Waals surface area contributed by atoms with E-state index < -0.39 is 0 Å². The summed E-state index contributed by atoms with van der Waals surface area (Å²) in [5, 5.41) is 4.75. The maximum absolute atomic E-state index is 4.36. The zero-order chi connectivity index (χ0) is 12.3. The highest BCUT2D eigenvalue weighted by atomic mass is 32.1. The van der Waals surface area contributed by atoms with Crippen molar-refractivity contribution >= 4 is 22.7 Å². The van der Waals surface area contributed by atoms with E-state index in [-0.39, 0.29) is 0 Å². The minimum atomic E-state index is 0.319. The average molecular weight is 266 g/mol. The Balaban J connectivity index is 2.24. The maximum Gasteiger partial charge on any atom is 0.0897 e. The molecule has 0 aliphatic carbocycles. The van der Waals surface area contributed by atoms with Gasteiger partial charge in [0.25, 0.3) is 0 Å². The summed E-state index contributed by atoms with van der Waals surface area (Å²) in [6.45, 7) is 7.45. The van der Waals surface area contributed by atoms with Crippen LogP contribution in [0.2, 0.25) is 0 Å². The van der Waals surface area contributed by atoms with Crippen molar-refractivity contribution in [1.82, 2.24) is 10.3 Å². The number of aromatic nitrogens is 1. The van der Waals surface area contributed by atoms with Crippen LogP contribution in [0.25, 0.3) is 0 Å². The second-order valence-electron chi connectivity index (χ2n) is 4.12. The molecule has 0 spiro atoms. The quantitative estimate of drug-likeness (QED) is 0.887. The summed E-state index contributed by atoms with van der Waals surface area (Å²) in [6.07, 6.45) is 3.15. The number of hydrogen-bond acceptors (Lipinski definition) is 4. The van der Waals surface area contributed by atoms with E-state index in [1.165, 1.54) is 14.6 Å². The molecule has 2 rings (SSSR count). The highest BCUT2D eigenvalue weighted by molar-refractivity contribution is 7.13. The second-order valence-corrected chi connectivity index (χ2v) is 6.70. The number of hydrogen-bond donors (Lipinski definition) is 1. The van der Waals surface area contributed by atoms with Crippen LogP contribution in [-0.4, -0.2) is 11.5 Å². The van der Waals surface area contributed by atoms with Gasteiger partial charge in [-0.1, -0.05) is 6.92 Å². The molecular weight excluding hydrogens is 248 g/mol. The van der Waals surface area contributed by atoms with E-state index in [9.17, 15) is 0 Å². The normalized spacial score (nSPS) is 12.9. The molecule has 17 heavy (non-hydrogen) atoms. The molecule has 0 saturated heterocycles. The van der Waals surface area contributed by atoms with Crippen molar-refractivity contribution in [1.29, 1.82) is 0 Å². The summed E-state index contributed by atoms with van der Waals surface area (Å²) in [5.41, 5.74) is 0. The van der Waals surface area contributed by atoms with E-state index in [0.29, 0.717) is 6.04 Å². The molecule has 1 atom stereocenters. The zero-order valence-electron chi connectivity index (χ0n) is 10.5. The van der Waals surface area contributed by atoms with Crippen LogP contribution in [-0.2, 0) is 0 Å². The highest BCUT2D eigenvalue weighted by Gasteiger charge is 2.17. The Morgan fingerprint density at radius 2 is 2.06 bits per heavy atom. The smallest absolute Gasteiger partial charge is 0.0897 e. The van der Waals surface area contributed by atoms with Crippen LogP contribution >= 0.6 is 22.7 Å². The van der Waals surface area contributed by atoms with Crippen molar-refractivity contribution in [3.8, 4) is 0 Å². The molecule has 0 saturated carbocycles. The van der Waals surface area contributed by atoms with Crippen molar-refractivity contribution in [2.75, 3.05) is 6.54 Å². The minimum absolute atomic E-state index is 0.319. The van der Waals surface area contributed by atoms with Crippen LogP contribution in [0, 0.1) is 13.8 Å². The highest BCUT2D eigenvalue weighted by Crippen LogP contribution is 2.31. The predicted molar refractivity (Wildman–Crippen MR) is 76.0 cm³/mol. The third kappa shape index (κ3) is 3.15. The monoisotopic (exact) mass is 266 g/mol. The van der Waals surface area contributed by atoms with Crippen LogP contribution in [0.1, 0.15) is 39.0 Å². The van der Waals surface area contributed by atoms with Gasteiger partial charge in [-0.3, -0.25) is 0 Å². The second kappa shape index (κ2) is 5.76. The van der Waals surface area contributed by atoms with Gasteiger partial charge in [-0.25, -0.2) is 4.98 Å². The molecule has 1 N–H and O–H groups in total. The molecule has 0 amide bonds. The van der Waals surface area contributed by atoms with Gasteiger partial charge in [-0.05, 0) is 38.9 Å². The first-order valence-corrected chi connectivity index (χ1v) is 7.56. The molecule has 1 unspecified atom stereocenters. The summed E-state index contributed by atoms with van der Waals surface area (Å²) < 4.78 is 0. The zero-order valence-corrected chi connectivity index (χ0v) is 12.1. The van der Waals surface area contributed by atoms with E-state index in [1.54, 1.807) is 11.3 Å². The fourth-order valence-corrected chi connectivity index (χ4v) is 3.68. The fourth-order valence-electron chi connectivity index (χ4n) is 1.75. The van der Waals surface area contributed by atoms with Gasteiger partial charge in [0, 0.05) is 20.8 Å². The van der Waals surface area contributed by atoms with Crippen LogP contribution < -0.4 is 5.32 Å². The molecule has 92 valence electrons. The maximum atomic E-state index is 4.36. The first kappa shape index (κ1) is 12.7. The lowest BCUT2D eigenvalue weighted by atomic mass is 10.2. The van der Waals surface area contributed by atoms with Crippen molar-refractivity contribution in [2.45, 2.75) is 33.2 Å². The Morgan fingerprint density at radius 3 is 2.59 bits per heavy atom. The van der Waals surface area contributed by atoms with Crippen molar-refractivity contribution in [3.63, 3.8) is 0 Å². The Kier molecular flexibility index (Phi) is 4.31. The van der Waals surface area contributed by atoms with Gasteiger partial charge in [-0.15, -0.1) is 22.7 Å². The summed E-state index contributed by atoms with van der Waals surface area (Å²) in [5.74, 6) is 0. The molecule has 2 aromatic rings. The van der Waals surface area contributed by atoms with Gasteiger partial charge < -0.3 is 5.32 Å². The van der Waals surface area contributed by atoms with Gasteiger partial charge >= 0.3 is 0 Å². The standard InChI is InChI=1S/C13H18N2S2/c1-4-7-14-13(11-6-5-9(2)16-11)12-8-15-10(3)17-12/h5-6,8,13-14H,4,7H2,1-3H3. The number of thiazole rings is 1. The molecule has 0 bridgehead atoms. The molecule has 2 nitrogen and oxygen atoms in total. The Labute approximate surface area is 111 Å². The molecule has 0 radical (unpaired) electrons. The third-order valence-electron chi connectivity index (χ3n) is 2.57. The lowest BCUT2D eigenvalue weighted by molar-refractivity contribution is 0.612. The van der Waals surface area contributed by atoms with E-state index >= 15 is 0 Å². The van der Waals surface area contributed by atoms with Gasteiger partial charge in [-0.2, -0.15) is 0 Å². The molecule has 0 aromatic carbocycles. The molecule has 0 fully saturated rings. The van der Waals surface area contributed by atoms with E-state index in [1.807, 2.05) is 17.5 Å². The largest absolute Gasteiger partial charge is 0.305 e. The first-order chi connectivity index (χ1) is 8.20. The number of nitrogens with one attached hydrogen (secondary N) is 1. The van der Waals surface area contributed by atoms with Crippen LogP contribution in [0.3, 0.4) is 0 Å². The Hall–Kier alpha value is -0.710. The van der Waals surface area contributed by atoms with E-state index in [2.05, 4.69) is 43.2 Å². The number of nitrogens with zero attached hydrogens (tertiary/aromatic N) is 1. The van der Waals surface area contributed by atoms with Crippen molar-refractivity contribution < 1.29 is 0 Å². The molecule has 0 aliphatic heterocycles. The molecule has 2 heterocycles. The van der Waals surface area contributed by atoms with Crippen LogP contribution in [0.4, 0.5) is 0 Å². The minimum Gasteiger partial charge on any atom is -0.305 e. The molecule has 2 aromatic heterocycles. The number of rotatable bonds is 5. The van der Waals surface area contributed by atoms with Gasteiger partial charge in [0.05, 0.1) is 11.0 Å². The molecule has 0 aliphatic rings. The van der Waals surface area contributed by atoms with Crippen molar-refractivity contribution in [2.24, 2.45) is 0 Å². The predicted octanol–water partition coefficient (Wildman–Crippen LogP) is 3.91. The molecular formula is C13H18N2S2. The summed E-state index contributed by atoms with van der Waals surface area (Å²) in [4.78, 5) is 8.43. The van der Waals surface area contributed by atoms with Gasteiger partial charge in [0.2, 0.25) is 0 Å². The fraction of sp³-hybridized carbons (Fsp3) is 0.462.